The maximum Gasteiger partial charge on any atom is 0.225 e. The van der Waals surface area contributed by atoms with Crippen LogP contribution in [0.5, 0.6) is 0 Å². The standard InChI is InChI=1S/C25H28FN5O2S/c1-3-17-15-28-25(29-16-17)31-10-8-20(9-11-31)30-24-13-23(26)22(12-19(24)14-27)18-4-6-21(7-5-18)34(2,32)33/h4-7,12-16,20,27,30H,3,8-11H2,1-2H3. The maximum absolute atomic E-state index is 15.0. The van der Waals surface area contributed by atoms with E-state index in [2.05, 4.69) is 27.1 Å². The Morgan fingerprint density at radius 1 is 1.15 bits per heavy atom. The molecule has 9 heteroatoms. The molecule has 3 aromatic rings. The fraction of sp³-hybridized carbons (Fsp3) is 0.320. The van der Waals surface area contributed by atoms with Gasteiger partial charge in [-0.2, -0.15) is 0 Å². The number of anilines is 2. The molecule has 2 aromatic carbocycles. The molecule has 1 aliphatic rings. The van der Waals surface area contributed by atoms with E-state index in [1.165, 1.54) is 24.4 Å². The van der Waals surface area contributed by atoms with Crippen LogP contribution in [-0.2, 0) is 16.3 Å². The van der Waals surface area contributed by atoms with Gasteiger partial charge >= 0.3 is 0 Å². The number of sulfone groups is 1. The molecule has 2 heterocycles. The summed E-state index contributed by atoms with van der Waals surface area (Å²) in [4.78, 5) is 11.3. The van der Waals surface area contributed by atoms with Crippen molar-refractivity contribution in [3.63, 3.8) is 0 Å². The molecule has 2 N–H and O–H groups in total. The molecule has 1 saturated heterocycles. The van der Waals surface area contributed by atoms with Crippen molar-refractivity contribution < 1.29 is 12.8 Å². The highest BCUT2D eigenvalue weighted by Gasteiger charge is 2.22. The summed E-state index contributed by atoms with van der Waals surface area (Å²) >= 11 is 0. The number of hydrogen-bond donors (Lipinski definition) is 2. The number of nitrogens with one attached hydrogen (secondary N) is 2. The Kier molecular flexibility index (Phi) is 6.92. The molecule has 1 aliphatic heterocycles. The van der Waals surface area contributed by atoms with Crippen LogP contribution in [0.4, 0.5) is 16.0 Å². The number of piperidine rings is 1. The molecule has 0 saturated carbocycles. The van der Waals surface area contributed by atoms with E-state index in [9.17, 15) is 8.42 Å². The van der Waals surface area contributed by atoms with Crippen LogP contribution in [0.1, 0.15) is 30.9 Å². The third kappa shape index (κ3) is 5.25. The Balaban J connectivity index is 1.46. The van der Waals surface area contributed by atoms with Crippen LogP contribution in [-0.4, -0.2) is 50.0 Å². The first-order valence-electron chi connectivity index (χ1n) is 11.3. The van der Waals surface area contributed by atoms with Crippen LogP contribution in [0.2, 0.25) is 0 Å². The van der Waals surface area contributed by atoms with Gasteiger partial charge in [0.05, 0.1) is 4.90 Å². The summed E-state index contributed by atoms with van der Waals surface area (Å²) in [6.45, 7) is 3.65. The third-order valence-electron chi connectivity index (χ3n) is 6.13. The second-order valence-electron chi connectivity index (χ2n) is 8.51. The molecular formula is C25H28FN5O2S. The van der Waals surface area contributed by atoms with E-state index in [0.29, 0.717) is 22.4 Å². The monoisotopic (exact) mass is 481 g/mol. The van der Waals surface area contributed by atoms with Gasteiger partial charge in [0.15, 0.2) is 9.84 Å². The molecule has 0 aliphatic carbocycles. The van der Waals surface area contributed by atoms with Crippen LogP contribution in [0, 0.1) is 11.2 Å². The number of benzene rings is 2. The van der Waals surface area contributed by atoms with E-state index in [4.69, 9.17) is 5.41 Å². The van der Waals surface area contributed by atoms with Crippen molar-refractivity contribution in [2.24, 2.45) is 0 Å². The molecule has 0 atom stereocenters. The van der Waals surface area contributed by atoms with Gasteiger partial charge in [-0.05, 0) is 54.7 Å². The molecule has 1 fully saturated rings. The first-order valence-corrected chi connectivity index (χ1v) is 13.1. The van der Waals surface area contributed by atoms with Gasteiger partial charge in [-0.25, -0.2) is 22.8 Å². The molecule has 34 heavy (non-hydrogen) atoms. The molecule has 0 bridgehead atoms. The first-order chi connectivity index (χ1) is 16.3. The summed E-state index contributed by atoms with van der Waals surface area (Å²) in [5, 5.41) is 11.2. The van der Waals surface area contributed by atoms with Crippen LogP contribution in [0.3, 0.4) is 0 Å². The Hall–Kier alpha value is -3.33. The van der Waals surface area contributed by atoms with Crippen molar-refractivity contribution in [2.45, 2.75) is 37.1 Å². The molecular weight excluding hydrogens is 453 g/mol. The van der Waals surface area contributed by atoms with Gasteiger partial charge in [0.25, 0.3) is 0 Å². The van der Waals surface area contributed by atoms with E-state index < -0.39 is 15.7 Å². The quantitative estimate of drug-likeness (QED) is 0.488. The molecule has 178 valence electrons. The highest BCUT2D eigenvalue weighted by atomic mass is 32.2. The summed E-state index contributed by atoms with van der Waals surface area (Å²) < 4.78 is 38.4. The predicted molar refractivity (Wildman–Crippen MR) is 133 cm³/mol. The molecule has 0 radical (unpaired) electrons. The molecule has 0 spiro atoms. The third-order valence-corrected chi connectivity index (χ3v) is 7.25. The number of halogens is 1. The maximum atomic E-state index is 15.0. The van der Waals surface area contributed by atoms with Gasteiger partial charge in [-0.1, -0.05) is 19.1 Å². The van der Waals surface area contributed by atoms with Crippen molar-refractivity contribution in [1.82, 2.24) is 9.97 Å². The Bertz CT molecular complexity index is 1270. The number of aromatic nitrogens is 2. The number of nitrogens with zero attached hydrogens (tertiary/aromatic N) is 3. The smallest absolute Gasteiger partial charge is 0.225 e. The van der Waals surface area contributed by atoms with Crippen molar-refractivity contribution in [3.05, 3.63) is 65.7 Å². The average Bonchev–Trinajstić information content (AvgIpc) is 2.84. The highest BCUT2D eigenvalue weighted by molar-refractivity contribution is 7.90. The van der Waals surface area contributed by atoms with E-state index in [1.54, 1.807) is 18.2 Å². The van der Waals surface area contributed by atoms with Gasteiger partial charge in [0, 0.05) is 60.8 Å². The zero-order valence-electron chi connectivity index (χ0n) is 19.3. The minimum atomic E-state index is -3.32. The van der Waals surface area contributed by atoms with Crippen molar-refractivity contribution in [1.29, 1.82) is 5.41 Å². The van der Waals surface area contributed by atoms with Gasteiger partial charge in [-0.15, -0.1) is 0 Å². The van der Waals surface area contributed by atoms with E-state index >= 15 is 4.39 Å². The largest absolute Gasteiger partial charge is 0.382 e. The lowest BCUT2D eigenvalue weighted by Gasteiger charge is -2.33. The normalized spacial score (nSPS) is 14.7. The Morgan fingerprint density at radius 3 is 2.35 bits per heavy atom. The highest BCUT2D eigenvalue weighted by Crippen LogP contribution is 2.30. The van der Waals surface area contributed by atoms with Crippen LogP contribution < -0.4 is 10.2 Å². The topological polar surface area (TPSA) is 99.0 Å². The molecule has 0 unspecified atom stereocenters. The molecule has 1 aromatic heterocycles. The lowest BCUT2D eigenvalue weighted by Crippen LogP contribution is -2.40. The lowest BCUT2D eigenvalue weighted by molar-refractivity contribution is 0.519. The number of rotatable bonds is 7. The van der Waals surface area contributed by atoms with Crippen molar-refractivity contribution in [3.8, 4) is 11.1 Å². The summed E-state index contributed by atoms with van der Waals surface area (Å²) in [6, 6.07) is 9.28. The van der Waals surface area contributed by atoms with Crippen LogP contribution in [0.25, 0.3) is 11.1 Å². The summed E-state index contributed by atoms with van der Waals surface area (Å²) in [7, 11) is -3.32. The van der Waals surface area contributed by atoms with Crippen molar-refractivity contribution >= 4 is 27.7 Å². The fourth-order valence-corrected chi connectivity index (χ4v) is 4.71. The molecule has 7 nitrogen and oxygen atoms in total. The van der Waals surface area contributed by atoms with E-state index in [0.717, 1.165) is 50.1 Å². The van der Waals surface area contributed by atoms with Crippen molar-refractivity contribution in [2.75, 3.05) is 29.6 Å². The van der Waals surface area contributed by atoms with Gasteiger partial charge < -0.3 is 15.6 Å². The minimum absolute atomic E-state index is 0.143. The second-order valence-corrected chi connectivity index (χ2v) is 10.5. The van der Waals surface area contributed by atoms with Crippen LogP contribution in [0.15, 0.2) is 53.7 Å². The zero-order valence-corrected chi connectivity index (χ0v) is 20.1. The summed E-state index contributed by atoms with van der Waals surface area (Å²) in [5.74, 6) is 0.301. The summed E-state index contributed by atoms with van der Waals surface area (Å²) in [6.07, 6.45) is 8.65. The Morgan fingerprint density at radius 2 is 1.79 bits per heavy atom. The summed E-state index contributed by atoms with van der Waals surface area (Å²) in [5.41, 5.74) is 3.14. The number of hydrogen-bond acceptors (Lipinski definition) is 7. The van der Waals surface area contributed by atoms with E-state index in [-0.39, 0.29) is 10.9 Å². The van der Waals surface area contributed by atoms with Gasteiger partial charge in [0.1, 0.15) is 5.82 Å². The van der Waals surface area contributed by atoms with Gasteiger partial charge in [0.2, 0.25) is 5.95 Å². The van der Waals surface area contributed by atoms with Gasteiger partial charge in [-0.3, -0.25) is 0 Å². The zero-order chi connectivity index (χ0) is 24.3. The first kappa shape index (κ1) is 23.8. The predicted octanol–water partition coefficient (Wildman–Crippen LogP) is 4.33. The number of aryl methyl sites for hydroxylation is 1. The molecule has 4 rings (SSSR count). The van der Waals surface area contributed by atoms with E-state index in [1.807, 2.05) is 12.4 Å². The fourth-order valence-electron chi connectivity index (χ4n) is 4.07. The van der Waals surface area contributed by atoms with Crippen LogP contribution >= 0.6 is 0 Å². The minimum Gasteiger partial charge on any atom is -0.382 e. The second kappa shape index (κ2) is 9.89. The lowest BCUT2D eigenvalue weighted by atomic mass is 9.99. The molecule has 0 amide bonds. The average molecular weight is 482 g/mol. The Labute approximate surface area is 199 Å². The SMILES string of the molecule is CCc1cnc(N2CCC(Nc3cc(F)c(-c4ccc(S(C)(=O)=O)cc4)cc3C=N)CC2)nc1.